The van der Waals surface area contributed by atoms with Gasteiger partial charge in [-0.2, -0.15) is 0 Å². The molecule has 0 aromatic heterocycles. The number of alkyl carbamates (subject to hydrolysis) is 1. The zero-order valence-electron chi connectivity index (χ0n) is 12.7. The van der Waals surface area contributed by atoms with Crippen molar-refractivity contribution < 1.29 is 27.9 Å². The van der Waals surface area contributed by atoms with Crippen LogP contribution in [0.2, 0.25) is 0 Å². The summed E-state index contributed by atoms with van der Waals surface area (Å²) in [6.07, 6.45) is 0.239. The number of carbonyl (C=O) groups excluding carboxylic acids is 1. The summed E-state index contributed by atoms with van der Waals surface area (Å²) in [5.41, 5.74) is -2.24. The van der Waals surface area contributed by atoms with E-state index < -0.39 is 33.2 Å². The number of piperidine rings is 1. The largest absolute Gasteiger partial charge is 0.480 e. The fourth-order valence-electron chi connectivity index (χ4n) is 2.09. The van der Waals surface area contributed by atoms with Gasteiger partial charge in [-0.15, -0.1) is 0 Å². The molecule has 0 aliphatic carbocycles. The average molecular weight is 322 g/mol. The maximum Gasteiger partial charge on any atom is 0.408 e. The molecule has 122 valence electrons. The highest BCUT2D eigenvalue weighted by atomic mass is 32.2. The van der Waals surface area contributed by atoms with E-state index in [0.717, 1.165) is 6.26 Å². The molecule has 1 heterocycles. The first-order valence-corrected chi connectivity index (χ1v) is 8.40. The van der Waals surface area contributed by atoms with Crippen LogP contribution in [0.25, 0.3) is 0 Å². The predicted molar refractivity (Wildman–Crippen MR) is 75.4 cm³/mol. The summed E-state index contributed by atoms with van der Waals surface area (Å²) in [5.74, 6) is -1.19. The molecule has 2 N–H and O–H groups in total. The van der Waals surface area contributed by atoms with Gasteiger partial charge in [-0.3, -0.25) is 0 Å². The Kier molecular flexibility index (Phi) is 4.89. The first-order valence-electron chi connectivity index (χ1n) is 6.55. The zero-order chi connectivity index (χ0) is 16.5. The lowest BCUT2D eigenvalue weighted by molar-refractivity contribution is -0.146. The van der Waals surface area contributed by atoms with Crippen LogP contribution >= 0.6 is 0 Å². The Morgan fingerprint density at radius 1 is 1.24 bits per heavy atom. The molecule has 1 aliphatic rings. The standard InChI is InChI=1S/C12H22N2O6S/c1-11(2,3)20-10(17)13-12(9(15)16)5-7-14(8-6-12)21(4,18)19/h5-8H2,1-4H3,(H,13,17)(H,15,16). The number of hydrogen-bond acceptors (Lipinski definition) is 5. The van der Waals surface area contributed by atoms with E-state index in [1.165, 1.54) is 4.31 Å². The van der Waals surface area contributed by atoms with Crippen molar-refractivity contribution in [3.05, 3.63) is 0 Å². The third kappa shape index (κ3) is 4.85. The molecule has 0 unspecified atom stereocenters. The van der Waals surface area contributed by atoms with E-state index in [9.17, 15) is 23.1 Å². The molecular weight excluding hydrogens is 300 g/mol. The first kappa shape index (κ1) is 17.7. The quantitative estimate of drug-likeness (QED) is 0.777. The molecule has 0 aromatic rings. The number of amides is 1. The second kappa shape index (κ2) is 5.80. The van der Waals surface area contributed by atoms with Gasteiger partial charge < -0.3 is 15.2 Å². The Hall–Kier alpha value is -1.35. The van der Waals surface area contributed by atoms with E-state index >= 15 is 0 Å². The molecule has 9 heteroatoms. The van der Waals surface area contributed by atoms with Crippen molar-refractivity contribution in [3.8, 4) is 0 Å². The predicted octanol–water partition coefficient (Wildman–Crippen LogP) is 0.390. The number of carboxylic acid groups (broad SMARTS) is 1. The molecule has 0 radical (unpaired) electrons. The van der Waals surface area contributed by atoms with E-state index in [1.54, 1.807) is 20.8 Å². The molecule has 1 amide bonds. The summed E-state index contributed by atoms with van der Waals surface area (Å²) in [4.78, 5) is 23.3. The van der Waals surface area contributed by atoms with Crippen molar-refractivity contribution in [2.75, 3.05) is 19.3 Å². The normalized spacial score (nSPS) is 19.8. The van der Waals surface area contributed by atoms with Gasteiger partial charge in [-0.05, 0) is 33.6 Å². The topological polar surface area (TPSA) is 113 Å². The third-order valence-electron chi connectivity index (χ3n) is 3.19. The Morgan fingerprint density at radius 2 is 1.71 bits per heavy atom. The fourth-order valence-corrected chi connectivity index (χ4v) is 2.94. The highest BCUT2D eigenvalue weighted by molar-refractivity contribution is 7.88. The van der Waals surface area contributed by atoms with Crippen LogP contribution < -0.4 is 5.32 Å². The number of aliphatic carboxylic acids is 1. The van der Waals surface area contributed by atoms with Gasteiger partial charge in [0.1, 0.15) is 11.1 Å². The number of carbonyl (C=O) groups is 2. The number of hydrogen-bond donors (Lipinski definition) is 2. The highest BCUT2D eigenvalue weighted by Crippen LogP contribution is 2.25. The van der Waals surface area contributed by atoms with Crippen LogP contribution in [0.5, 0.6) is 0 Å². The number of nitrogens with one attached hydrogen (secondary N) is 1. The molecule has 1 rings (SSSR count). The van der Waals surface area contributed by atoms with E-state index in [1.807, 2.05) is 0 Å². The second-order valence-corrected chi connectivity index (χ2v) is 8.16. The molecule has 1 saturated heterocycles. The van der Waals surface area contributed by atoms with Crippen molar-refractivity contribution in [1.82, 2.24) is 9.62 Å². The summed E-state index contributed by atoms with van der Waals surface area (Å²) < 4.78 is 29.2. The van der Waals surface area contributed by atoms with Gasteiger partial charge in [0.05, 0.1) is 6.26 Å². The summed E-state index contributed by atoms with van der Waals surface area (Å²) in [6.45, 7) is 5.10. The molecule has 21 heavy (non-hydrogen) atoms. The van der Waals surface area contributed by atoms with Crippen LogP contribution in [0.4, 0.5) is 4.79 Å². The van der Waals surface area contributed by atoms with Crippen molar-refractivity contribution in [2.45, 2.75) is 44.8 Å². The zero-order valence-corrected chi connectivity index (χ0v) is 13.5. The number of ether oxygens (including phenoxy) is 1. The molecule has 0 atom stereocenters. The molecular formula is C12H22N2O6S. The molecule has 0 spiro atoms. The Labute approximate surface area is 124 Å². The van der Waals surface area contributed by atoms with Crippen LogP contribution in [-0.2, 0) is 19.6 Å². The van der Waals surface area contributed by atoms with Crippen molar-refractivity contribution in [2.24, 2.45) is 0 Å². The molecule has 1 fully saturated rings. The van der Waals surface area contributed by atoms with Crippen LogP contribution in [0.1, 0.15) is 33.6 Å². The summed E-state index contributed by atoms with van der Waals surface area (Å²) in [5, 5.41) is 11.8. The Morgan fingerprint density at radius 3 is 2.05 bits per heavy atom. The van der Waals surface area contributed by atoms with E-state index in [0.29, 0.717) is 0 Å². The minimum Gasteiger partial charge on any atom is -0.480 e. The lowest BCUT2D eigenvalue weighted by atomic mass is 9.88. The second-order valence-electron chi connectivity index (χ2n) is 6.18. The van der Waals surface area contributed by atoms with E-state index in [2.05, 4.69) is 5.32 Å². The lowest BCUT2D eigenvalue weighted by Gasteiger charge is -2.38. The molecule has 0 aromatic carbocycles. The van der Waals surface area contributed by atoms with Gasteiger partial charge in [0.25, 0.3) is 0 Å². The summed E-state index contributed by atoms with van der Waals surface area (Å²) in [7, 11) is -3.36. The molecule has 0 bridgehead atoms. The van der Waals surface area contributed by atoms with Gasteiger partial charge in [0.2, 0.25) is 10.0 Å². The maximum absolute atomic E-state index is 11.8. The Balaban J connectivity index is 2.80. The first-order chi connectivity index (χ1) is 9.36. The molecule has 1 aliphatic heterocycles. The van der Waals surface area contributed by atoms with Gasteiger partial charge in [-0.1, -0.05) is 0 Å². The summed E-state index contributed by atoms with van der Waals surface area (Å²) >= 11 is 0. The minimum atomic E-state index is -3.36. The van der Waals surface area contributed by atoms with E-state index in [4.69, 9.17) is 4.74 Å². The number of rotatable bonds is 3. The SMILES string of the molecule is CC(C)(C)OC(=O)NC1(C(=O)O)CCN(S(C)(=O)=O)CC1. The van der Waals surface area contributed by atoms with Crippen LogP contribution in [-0.4, -0.2) is 60.4 Å². The van der Waals surface area contributed by atoms with Gasteiger partial charge in [0, 0.05) is 13.1 Å². The van der Waals surface area contributed by atoms with E-state index in [-0.39, 0.29) is 25.9 Å². The minimum absolute atomic E-state index is 0.00531. The number of nitrogens with zero attached hydrogens (tertiary/aromatic N) is 1. The number of carboxylic acids is 1. The molecule has 0 saturated carbocycles. The highest BCUT2D eigenvalue weighted by Gasteiger charge is 2.45. The molecule has 8 nitrogen and oxygen atoms in total. The van der Waals surface area contributed by atoms with Crippen molar-refractivity contribution >= 4 is 22.1 Å². The smallest absolute Gasteiger partial charge is 0.408 e. The van der Waals surface area contributed by atoms with Crippen molar-refractivity contribution in [3.63, 3.8) is 0 Å². The third-order valence-corrected chi connectivity index (χ3v) is 4.50. The average Bonchev–Trinajstić information content (AvgIpc) is 2.25. The Bertz CT molecular complexity index is 514. The number of sulfonamides is 1. The monoisotopic (exact) mass is 322 g/mol. The van der Waals surface area contributed by atoms with Gasteiger partial charge >= 0.3 is 12.1 Å². The van der Waals surface area contributed by atoms with Crippen molar-refractivity contribution in [1.29, 1.82) is 0 Å². The van der Waals surface area contributed by atoms with Crippen LogP contribution in [0.3, 0.4) is 0 Å². The van der Waals surface area contributed by atoms with Gasteiger partial charge in [0.15, 0.2) is 0 Å². The van der Waals surface area contributed by atoms with Crippen LogP contribution in [0.15, 0.2) is 0 Å². The maximum atomic E-state index is 11.8. The summed E-state index contributed by atoms with van der Waals surface area (Å²) in [6, 6.07) is 0. The lowest BCUT2D eigenvalue weighted by Crippen LogP contribution is -2.61. The van der Waals surface area contributed by atoms with Gasteiger partial charge in [-0.25, -0.2) is 22.3 Å². The van der Waals surface area contributed by atoms with Crippen LogP contribution in [0, 0.1) is 0 Å². The fraction of sp³-hybridized carbons (Fsp3) is 0.833.